The van der Waals surface area contributed by atoms with Crippen LogP contribution >= 0.6 is 0 Å². The van der Waals surface area contributed by atoms with Gasteiger partial charge in [-0.25, -0.2) is 0 Å². The summed E-state index contributed by atoms with van der Waals surface area (Å²) in [7, 11) is 3.44. The molecule has 0 radical (unpaired) electrons. The van der Waals surface area contributed by atoms with Gasteiger partial charge in [-0.15, -0.1) is 0 Å². The first kappa shape index (κ1) is 24.0. The Bertz CT molecular complexity index is 563. The predicted octanol–water partition coefficient (Wildman–Crippen LogP) is 2.51. The van der Waals surface area contributed by atoms with Crippen LogP contribution in [0.5, 0.6) is 11.5 Å². The number of likely N-dealkylation sites (N-methyl/N-ethyl adjacent to an activating group) is 1. The molecule has 0 aliphatic carbocycles. The maximum atomic E-state index is 5.91. The van der Waals surface area contributed by atoms with Crippen LogP contribution in [0.15, 0.2) is 23.2 Å². The van der Waals surface area contributed by atoms with Gasteiger partial charge in [-0.2, -0.15) is 0 Å². The van der Waals surface area contributed by atoms with E-state index in [1.807, 2.05) is 25.1 Å². The SMILES string of the molecule is CCOCCCNC(=NC)NCc1ccc(OCCN(CC)CC)c(OC)c1. The fourth-order valence-corrected chi connectivity index (χ4v) is 2.70. The first-order valence-electron chi connectivity index (χ1n) is 10.2. The quantitative estimate of drug-likeness (QED) is 0.287. The summed E-state index contributed by atoms with van der Waals surface area (Å²) in [6.45, 7) is 12.9. The Hall–Kier alpha value is -1.99. The van der Waals surface area contributed by atoms with Gasteiger partial charge in [0.2, 0.25) is 0 Å². The molecule has 160 valence electrons. The Kier molecular flexibility index (Phi) is 12.9. The van der Waals surface area contributed by atoms with Crippen LogP contribution in [0, 0.1) is 0 Å². The second kappa shape index (κ2) is 15.0. The number of nitrogens with zero attached hydrogens (tertiary/aromatic N) is 2. The highest BCUT2D eigenvalue weighted by atomic mass is 16.5. The van der Waals surface area contributed by atoms with E-state index in [0.717, 1.165) is 68.8 Å². The van der Waals surface area contributed by atoms with E-state index in [1.165, 1.54) is 0 Å². The highest BCUT2D eigenvalue weighted by Crippen LogP contribution is 2.28. The van der Waals surface area contributed by atoms with Crippen molar-refractivity contribution in [3.63, 3.8) is 0 Å². The van der Waals surface area contributed by atoms with Crippen molar-refractivity contribution >= 4 is 5.96 Å². The number of nitrogens with one attached hydrogen (secondary N) is 2. The fourth-order valence-electron chi connectivity index (χ4n) is 2.70. The first-order chi connectivity index (χ1) is 13.7. The molecule has 1 aromatic rings. The maximum absolute atomic E-state index is 5.91. The second-order valence-corrected chi connectivity index (χ2v) is 6.26. The molecule has 1 aromatic carbocycles. The van der Waals surface area contributed by atoms with E-state index in [1.54, 1.807) is 14.2 Å². The third-order valence-corrected chi connectivity index (χ3v) is 4.43. The summed E-state index contributed by atoms with van der Waals surface area (Å²) < 4.78 is 16.8. The number of benzene rings is 1. The largest absolute Gasteiger partial charge is 0.493 e. The lowest BCUT2D eigenvalue weighted by atomic mass is 10.2. The summed E-state index contributed by atoms with van der Waals surface area (Å²) in [5.41, 5.74) is 1.10. The lowest BCUT2D eigenvalue weighted by Gasteiger charge is -2.19. The number of rotatable bonds is 14. The zero-order chi connectivity index (χ0) is 20.6. The molecule has 0 aliphatic heterocycles. The molecule has 0 unspecified atom stereocenters. The monoisotopic (exact) mass is 394 g/mol. The molecule has 28 heavy (non-hydrogen) atoms. The van der Waals surface area contributed by atoms with Gasteiger partial charge < -0.3 is 29.7 Å². The third kappa shape index (κ3) is 9.28. The van der Waals surface area contributed by atoms with E-state index in [-0.39, 0.29) is 0 Å². The first-order valence-corrected chi connectivity index (χ1v) is 10.2. The van der Waals surface area contributed by atoms with Gasteiger partial charge in [0.05, 0.1) is 7.11 Å². The number of methoxy groups -OCH3 is 1. The molecule has 0 aromatic heterocycles. The predicted molar refractivity (Wildman–Crippen MR) is 116 cm³/mol. The molecule has 0 saturated heterocycles. The molecule has 0 amide bonds. The average Bonchev–Trinajstić information content (AvgIpc) is 2.73. The summed E-state index contributed by atoms with van der Waals surface area (Å²) >= 11 is 0. The Labute approximate surface area is 170 Å². The third-order valence-electron chi connectivity index (χ3n) is 4.43. The van der Waals surface area contributed by atoms with Gasteiger partial charge in [-0.3, -0.25) is 4.99 Å². The van der Waals surface area contributed by atoms with Gasteiger partial charge >= 0.3 is 0 Å². The van der Waals surface area contributed by atoms with Crippen LogP contribution < -0.4 is 20.1 Å². The molecule has 0 fully saturated rings. The molecule has 7 nitrogen and oxygen atoms in total. The van der Waals surface area contributed by atoms with Crippen LogP contribution in [0.4, 0.5) is 0 Å². The van der Waals surface area contributed by atoms with Crippen LogP contribution in [-0.2, 0) is 11.3 Å². The lowest BCUT2D eigenvalue weighted by Crippen LogP contribution is -2.37. The van der Waals surface area contributed by atoms with Crippen molar-refractivity contribution in [2.45, 2.75) is 33.7 Å². The Balaban J connectivity index is 2.49. The molecular weight excluding hydrogens is 356 g/mol. The van der Waals surface area contributed by atoms with Crippen LogP contribution in [0.1, 0.15) is 32.8 Å². The van der Waals surface area contributed by atoms with Gasteiger partial charge in [0.1, 0.15) is 6.61 Å². The number of hydrogen-bond acceptors (Lipinski definition) is 5. The molecule has 1 rings (SSSR count). The van der Waals surface area contributed by atoms with Crippen molar-refractivity contribution in [1.29, 1.82) is 0 Å². The van der Waals surface area contributed by atoms with Gasteiger partial charge in [-0.1, -0.05) is 19.9 Å². The van der Waals surface area contributed by atoms with E-state index >= 15 is 0 Å². The molecule has 0 spiro atoms. The summed E-state index contributed by atoms with van der Waals surface area (Å²) in [6, 6.07) is 6.02. The summed E-state index contributed by atoms with van der Waals surface area (Å²) in [5.74, 6) is 2.30. The number of hydrogen-bond donors (Lipinski definition) is 2. The molecule has 7 heteroatoms. The normalized spacial score (nSPS) is 11.6. The smallest absolute Gasteiger partial charge is 0.191 e. The molecule has 0 aliphatic rings. The average molecular weight is 395 g/mol. The zero-order valence-corrected chi connectivity index (χ0v) is 18.2. The van der Waals surface area contributed by atoms with E-state index in [0.29, 0.717) is 13.2 Å². The van der Waals surface area contributed by atoms with Gasteiger partial charge in [0.15, 0.2) is 17.5 Å². The van der Waals surface area contributed by atoms with Gasteiger partial charge in [0.25, 0.3) is 0 Å². The minimum atomic E-state index is 0.647. The number of aliphatic imine (C=N–C) groups is 1. The van der Waals surface area contributed by atoms with Crippen molar-refractivity contribution in [2.75, 3.05) is 60.2 Å². The summed E-state index contributed by atoms with van der Waals surface area (Å²) in [5, 5.41) is 6.60. The summed E-state index contributed by atoms with van der Waals surface area (Å²) in [4.78, 5) is 6.58. The topological polar surface area (TPSA) is 67.3 Å². The van der Waals surface area contributed by atoms with E-state index in [9.17, 15) is 0 Å². The molecule has 2 N–H and O–H groups in total. The van der Waals surface area contributed by atoms with Gasteiger partial charge in [0, 0.05) is 39.9 Å². The minimum Gasteiger partial charge on any atom is -0.493 e. The van der Waals surface area contributed by atoms with Crippen LogP contribution in [-0.4, -0.2) is 71.0 Å². The molecule has 0 atom stereocenters. The Morgan fingerprint density at radius 2 is 1.86 bits per heavy atom. The van der Waals surface area contributed by atoms with E-state index in [4.69, 9.17) is 14.2 Å². The van der Waals surface area contributed by atoms with E-state index in [2.05, 4.69) is 34.4 Å². The highest BCUT2D eigenvalue weighted by molar-refractivity contribution is 5.79. The molecular formula is C21H38N4O3. The van der Waals surface area contributed by atoms with Gasteiger partial charge in [-0.05, 0) is 44.1 Å². The van der Waals surface area contributed by atoms with Crippen molar-refractivity contribution in [3.05, 3.63) is 23.8 Å². The Morgan fingerprint density at radius 1 is 1.07 bits per heavy atom. The lowest BCUT2D eigenvalue weighted by molar-refractivity contribution is 0.145. The van der Waals surface area contributed by atoms with Crippen molar-refractivity contribution in [2.24, 2.45) is 4.99 Å². The molecule has 0 heterocycles. The highest BCUT2D eigenvalue weighted by Gasteiger charge is 2.08. The summed E-state index contributed by atoms with van der Waals surface area (Å²) in [6.07, 6.45) is 0.946. The second-order valence-electron chi connectivity index (χ2n) is 6.26. The van der Waals surface area contributed by atoms with Crippen LogP contribution in [0.2, 0.25) is 0 Å². The van der Waals surface area contributed by atoms with Crippen molar-refractivity contribution in [1.82, 2.24) is 15.5 Å². The number of guanidine groups is 1. The van der Waals surface area contributed by atoms with Crippen molar-refractivity contribution < 1.29 is 14.2 Å². The van der Waals surface area contributed by atoms with E-state index < -0.39 is 0 Å². The molecule has 0 bridgehead atoms. The standard InChI is InChI=1S/C21H38N4O3/c1-6-25(7-2)13-15-28-19-11-10-18(16-20(19)26-5)17-24-21(22-4)23-12-9-14-27-8-3/h10-11,16H,6-9,12-15,17H2,1-5H3,(H2,22,23,24). The number of ether oxygens (including phenoxy) is 3. The molecule has 0 saturated carbocycles. The maximum Gasteiger partial charge on any atom is 0.191 e. The zero-order valence-electron chi connectivity index (χ0n) is 18.2. The minimum absolute atomic E-state index is 0.647. The Morgan fingerprint density at radius 3 is 2.50 bits per heavy atom. The van der Waals surface area contributed by atoms with Crippen LogP contribution in [0.3, 0.4) is 0 Å². The van der Waals surface area contributed by atoms with Crippen molar-refractivity contribution in [3.8, 4) is 11.5 Å². The van der Waals surface area contributed by atoms with Crippen LogP contribution in [0.25, 0.3) is 0 Å². The fraction of sp³-hybridized carbons (Fsp3) is 0.667.